The van der Waals surface area contributed by atoms with Gasteiger partial charge in [-0.2, -0.15) is 5.26 Å². The molecule has 1 rings (SSSR count). The summed E-state index contributed by atoms with van der Waals surface area (Å²) in [6.45, 7) is 5.48. The number of carbonyl (C=O) groups excluding carboxylic acids is 1. The van der Waals surface area contributed by atoms with Gasteiger partial charge in [0.25, 0.3) is 0 Å². The van der Waals surface area contributed by atoms with E-state index in [0.29, 0.717) is 19.4 Å². The zero-order valence-corrected chi connectivity index (χ0v) is 10.9. The van der Waals surface area contributed by atoms with Gasteiger partial charge in [0.1, 0.15) is 5.41 Å². The van der Waals surface area contributed by atoms with Gasteiger partial charge in [0.2, 0.25) is 5.91 Å². The third-order valence-electron chi connectivity index (χ3n) is 3.32. The predicted molar refractivity (Wildman–Crippen MR) is 68.2 cm³/mol. The quantitative estimate of drug-likeness (QED) is 0.686. The minimum Gasteiger partial charge on any atom is -0.337 e. The Hall–Kier alpha value is -1.30. The molecule has 0 aliphatic carbocycles. The van der Waals surface area contributed by atoms with E-state index >= 15 is 0 Å². The molecule has 0 aromatic heterocycles. The Labute approximate surface area is 104 Å². The van der Waals surface area contributed by atoms with Gasteiger partial charge < -0.3 is 4.90 Å². The number of hydrogen-bond acceptors (Lipinski definition) is 2. The Bertz CT molecular complexity index is 322. The highest BCUT2D eigenvalue weighted by molar-refractivity contribution is 5.85. The van der Waals surface area contributed by atoms with Crippen LogP contribution in [0.5, 0.6) is 0 Å². The van der Waals surface area contributed by atoms with Crippen molar-refractivity contribution in [3.63, 3.8) is 0 Å². The van der Waals surface area contributed by atoms with Crippen molar-refractivity contribution in [1.29, 1.82) is 5.26 Å². The van der Waals surface area contributed by atoms with Gasteiger partial charge in [-0.1, -0.05) is 38.8 Å². The molecule has 0 bridgehead atoms. The Morgan fingerprint density at radius 2 is 2.00 bits per heavy atom. The molecule has 0 spiro atoms. The van der Waals surface area contributed by atoms with Crippen molar-refractivity contribution >= 4 is 5.91 Å². The molecular formula is C14H22N2O. The van der Waals surface area contributed by atoms with E-state index in [1.165, 1.54) is 0 Å². The maximum Gasteiger partial charge on any atom is 0.243 e. The lowest BCUT2D eigenvalue weighted by Crippen LogP contribution is -2.44. The van der Waals surface area contributed by atoms with Gasteiger partial charge >= 0.3 is 0 Å². The Balaban J connectivity index is 2.85. The number of nitrogens with zero attached hydrogens (tertiary/aromatic N) is 2. The zero-order valence-electron chi connectivity index (χ0n) is 10.9. The van der Waals surface area contributed by atoms with Crippen LogP contribution in [0.2, 0.25) is 0 Å². The van der Waals surface area contributed by atoms with Gasteiger partial charge in [-0.15, -0.1) is 0 Å². The molecule has 0 N–H and O–H groups in total. The van der Waals surface area contributed by atoms with Crippen LogP contribution >= 0.6 is 0 Å². The van der Waals surface area contributed by atoms with Gasteiger partial charge in [0.15, 0.2) is 0 Å². The highest BCUT2D eigenvalue weighted by atomic mass is 16.2. The fourth-order valence-electron chi connectivity index (χ4n) is 2.48. The SMILES string of the molecule is CCCC(C#N)(CCC)C(=O)N1CC=CCC1. The van der Waals surface area contributed by atoms with Crippen LogP contribution in [0.15, 0.2) is 12.2 Å². The third kappa shape index (κ3) is 3.09. The van der Waals surface area contributed by atoms with Crippen LogP contribution in [-0.2, 0) is 4.79 Å². The van der Waals surface area contributed by atoms with Crippen LogP contribution in [0.4, 0.5) is 0 Å². The molecule has 0 unspecified atom stereocenters. The summed E-state index contributed by atoms with van der Waals surface area (Å²) in [6.07, 6.45) is 8.13. The summed E-state index contributed by atoms with van der Waals surface area (Å²) in [5.74, 6) is 0.0352. The van der Waals surface area contributed by atoms with E-state index in [1.54, 1.807) is 0 Å². The van der Waals surface area contributed by atoms with E-state index < -0.39 is 5.41 Å². The molecule has 0 fully saturated rings. The highest BCUT2D eigenvalue weighted by Gasteiger charge is 2.39. The summed E-state index contributed by atoms with van der Waals surface area (Å²) in [6, 6.07) is 2.30. The van der Waals surface area contributed by atoms with Gasteiger partial charge in [-0.05, 0) is 19.3 Å². The largest absolute Gasteiger partial charge is 0.337 e. The molecule has 1 heterocycles. The first-order valence-corrected chi connectivity index (χ1v) is 6.55. The van der Waals surface area contributed by atoms with Crippen LogP contribution < -0.4 is 0 Å². The maximum absolute atomic E-state index is 12.5. The van der Waals surface area contributed by atoms with Crippen LogP contribution in [0.25, 0.3) is 0 Å². The van der Waals surface area contributed by atoms with Gasteiger partial charge in [0.05, 0.1) is 6.07 Å². The monoisotopic (exact) mass is 234 g/mol. The zero-order chi connectivity index (χ0) is 12.7. The fraction of sp³-hybridized carbons (Fsp3) is 0.714. The van der Waals surface area contributed by atoms with Crippen molar-refractivity contribution < 1.29 is 4.79 Å². The fourth-order valence-corrected chi connectivity index (χ4v) is 2.48. The normalized spacial score (nSPS) is 15.7. The summed E-state index contributed by atoms with van der Waals surface area (Å²) in [4.78, 5) is 14.3. The summed E-state index contributed by atoms with van der Waals surface area (Å²) in [5.41, 5.74) is -0.783. The molecule has 0 atom stereocenters. The minimum absolute atomic E-state index is 0.0352. The molecule has 94 valence electrons. The second-order valence-electron chi connectivity index (χ2n) is 4.71. The molecule has 0 saturated carbocycles. The average molecular weight is 234 g/mol. The third-order valence-corrected chi connectivity index (χ3v) is 3.32. The van der Waals surface area contributed by atoms with E-state index in [1.807, 2.05) is 24.8 Å². The summed E-state index contributed by atoms with van der Waals surface area (Å²) in [5, 5.41) is 9.42. The van der Waals surface area contributed by atoms with Gasteiger partial charge in [0, 0.05) is 13.1 Å². The number of amides is 1. The highest BCUT2D eigenvalue weighted by Crippen LogP contribution is 2.32. The average Bonchev–Trinajstić information content (AvgIpc) is 2.38. The standard InChI is InChI=1S/C14H22N2O/c1-3-8-14(12-15,9-4-2)13(17)16-10-6-5-7-11-16/h5-6H,3-4,7-11H2,1-2H3. The van der Waals surface area contributed by atoms with E-state index in [2.05, 4.69) is 12.1 Å². The lowest BCUT2D eigenvalue weighted by atomic mass is 9.79. The van der Waals surface area contributed by atoms with Crippen LogP contribution in [-0.4, -0.2) is 23.9 Å². The Kier molecular flexibility index (Phi) is 5.21. The summed E-state index contributed by atoms with van der Waals surface area (Å²) >= 11 is 0. The van der Waals surface area contributed by atoms with Gasteiger partial charge in [-0.3, -0.25) is 4.79 Å². The lowest BCUT2D eigenvalue weighted by molar-refractivity contribution is -0.139. The van der Waals surface area contributed by atoms with Crippen molar-refractivity contribution in [2.24, 2.45) is 5.41 Å². The molecule has 1 aliphatic heterocycles. The predicted octanol–water partition coefficient (Wildman–Crippen LogP) is 2.89. The topological polar surface area (TPSA) is 44.1 Å². The summed E-state index contributed by atoms with van der Waals surface area (Å²) < 4.78 is 0. The van der Waals surface area contributed by atoms with Crippen LogP contribution in [0, 0.1) is 16.7 Å². The van der Waals surface area contributed by atoms with Crippen molar-refractivity contribution in [2.45, 2.75) is 46.0 Å². The maximum atomic E-state index is 12.5. The summed E-state index contributed by atoms with van der Waals surface area (Å²) in [7, 11) is 0. The Morgan fingerprint density at radius 1 is 1.35 bits per heavy atom. The first-order chi connectivity index (χ1) is 8.20. The molecule has 17 heavy (non-hydrogen) atoms. The molecular weight excluding hydrogens is 212 g/mol. The van der Waals surface area contributed by atoms with Crippen molar-refractivity contribution in [2.75, 3.05) is 13.1 Å². The number of carbonyl (C=O) groups is 1. The Morgan fingerprint density at radius 3 is 2.41 bits per heavy atom. The number of hydrogen-bond donors (Lipinski definition) is 0. The first kappa shape index (κ1) is 13.8. The van der Waals surface area contributed by atoms with E-state index in [9.17, 15) is 10.1 Å². The molecule has 3 heteroatoms. The van der Waals surface area contributed by atoms with Crippen molar-refractivity contribution in [3.8, 4) is 6.07 Å². The number of nitriles is 1. The molecule has 0 radical (unpaired) electrons. The lowest BCUT2D eigenvalue weighted by Gasteiger charge is -2.33. The second-order valence-corrected chi connectivity index (χ2v) is 4.71. The van der Waals surface area contributed by atoms with Crippen molar-refractivity contribution in [3.05, 3.63) is 12.2 Å². The second kappa shape index (κ2) is 6.44. The molecule has 1 amide bonds. The first-order valence-electron chi connectivity index (χ1n) is 6.55. The molecule has 3 nitrogen and oxygen atoms in total. The van der Waals surface area contributed by atoms with Crippen molar-refractivity contribution in [1.82, 2.24) is 4.90 Å². The molecule has 0 aromatic carbocycles. The van der Waals surface area contributed by atoms with Crippen LogP contribution in [0.1, 0.15) is 46.0 Å². The van der Waals surface area contributed by atoms with Crippen LogP contribution in [0.3, 0.4) is 0 Å². The smallest absolute Gasteiger partial charge is 0.243 e. The number of rotatable bonds is 5. The minimum atomic E-state index is -0.783. The van der Waals surface area contributed by atoms with Gasteiger partial charge in [-0.25, -0.2) is 0 Å². The van der Waals surface area contributed by atoms with E-state index in [4.69, 9.17) is 0 Å². The molecule has 0 aromatic rings. The van der Waals surface area contributed by atoms with E-state index in [-0.39, 0.29) is 5.91 Å². The molecule has 1 aliphatic rings. The molecule has 0 saturated heterocycles. The van der Waals surface area contributed by atoms with E-state index in [0.717, 1.165) is 25.8 Å².